The third-order valence-electron chi connectivity index (χ3n) is 5.66. The van der Waals surface area contributed by atoms with Crippen molar-refractivity contribution in [2.24, 2.45) is 5.92 Å². The fraction of sp³-hybridized carbons (Fsp3) is 0.765. The number of hydrogen-bond donors (Lipinski definition) is 0. The molecule has 20 heavy (non-hydrogen) atoms. The molecule has 110 valence electrons. The molecular formula is C17H26N2S. The summed E-state index contributed by atoms with van der Waals surface area (Å²) in [5, 5.41) is 2.20. The number of nitrogens with zero attached hydrogens (tertiary/aromatic N) is 2. The Balaban J connectivity index is 1.35. The molecule has 1 aromatic rings. The van der Waals surface area contributed by atoms with Crippen molar-refractivity contribution in [2.75, 3.05) is 26.2 Å². The second-order valence-electron chi connectivity index (χ2n) is 7.07. The third kappa shape index (κ3) is 2.68. The molecule has 0 bridgehead atoms. The molecule has 3 fully saturated rings. The smallest absolute Gasteiger partial charge is 0.0327 e. The van der Waals surface area contributed by atoms with Gasteiger partial charge in [-0.2, -0.15) is 0 Å². The van der Waals surface area contributed by atoms with Gasteiger partial charge in [0.1, 0.15) is 0 Å². The van der Waals surface area contributed by atoms with Crippen LogP contribution in [0.15, 0.2) is 17.5 Å². The Labute approximate surface area is 126 Å². The summed E-state index contributed by atoms with van der Waals surface area (Å²) in [7, 11) is 0. The van der Waals surface area contributed by atoms with Crippen LogP contribution >= 0.6 is 11.3 Å². The molecular weight excluding hydrogens is 264 g/mol. The van der Waals surface area contributed by atoms with E-state index in [0.717, 1.165) is 5.92 Å². The lowest BCUT2D eigenvalue weighted by Gasteiger charge is -2.45. The minimum atomic E-state index is 0.592. The van der Waals surface area contributed by atoms with Crippen molar-refractivity contribution in [3.05, 3.63) is 22.4 Å². The van der Waals surface area contributed by atoms with Crippen LogP contribution in [-0.4, -0.2) is 41.5 Å². The van der Waals surface area contributed by atoms with Gasteiger partial charge in [-0.25, -0.2) is 0 Å². The van der Waals surface area contributed by atoms with Crippen LogP contribution in [0.2, 0.25) is 0 Å². The van der Waals surface area contributed by atoms with Crippen molar-refractivity contribution in [3.63, 3.8) is 0 Å². The zero-order valence-electron chi connectivity index (χ0n) is 12.4. The van der Waals surface area contributed by atoms with Crippen molar-refractivity contribution >= 4 is 11.3 Å². The first-order chi connectivity index (χ1) is 9.84. The summed E-state index contributed by atoms with van der Waals surface area (Å²) in [4.78, 5) is 7.08. The highest BCUT2D eigenvalue weighted by atomic mass is 32.1. The van der Waals surface area contributed by atoms with E-state index in [1.165, 1.54) is 76.1 Å². The van der Waals surface area contributed by atoms with Gasteiger partial charge in [0, 0.05) is 36.6 Å². The average molecular weight is 290 g/mol. The van der Waals surface area contributed by atoms with Gasteiger partial charge in [0.25, 0.3) is 0 Å². The fourth-order valence-corrected chi connectivity index (χ4v) is 4.95. The lowest BCUT2D eigenvalue weighted by atomic mass is 9.84. The minimum absolute atomic E-state index is 0.592. The molecule has 1 saturated carbocycles. The first-order valence-corrected chi connectivity index (χ1v) is 9.22. The molecule has 0 atom stereocenters. The molecule has 4 rings (SSSR count). The van der Waals surface area contributed by atoms with Gasteiger partial charge >= 0.3 is 0 Å². The normalized spacial score (nSPS) is 27.4. The Morgan fingerprint density at radius 1 is 1.15 bits per heavy atom. The van der Waals surface area contributed by atoms with Gasteiger partial charge in [0.2, 0.25) is 0 Å². The van der Waals surface area contributed by atoms with Crippen LogP contribution in [0.1, 0.15) is 43.4 Å². The van der Waals surface area contributed by atoms with Crippen LogP contribution in [0, 0.1) is 5.92 Å². The number of hydrogen-bond acceptors (Lipinski definition) is 3. The maximum atomic E-state index is 2.88. The van der Waals surface area contributed by atoms with Crippen LogP contribution in [0.3, 0.4) is 0 Å². The minimum Gasteiger partial charge on any atom is -0.298 e. The summed E-state index contributed by atoms with van der Waals surface area (Å²) in [6, 6.07) is 4.46. The summed E-state index contributed by atoms with van der Waals surface area (Å²) in [5.74, 6) is 1.05. The van der Waals surface area contributed by atoms with E-state index >= 15 is 0 Å². The van der Waals surface area contributed by atoms with Crippen molar-refractivity contribution in [2.45, 2.75) is 50.6 Å². The molecule has 0 amide bonds. The Morgan fingerprint density at radius 3 is 2.70 bits per heavy atom. The lowest BCUT2D eigenvalue weighted by molar-refractivity contribution is 0.0475. The number of rotatable bonds is 4. The number of piperidine rings is 1. The molecule has 3 heterocycles. The van der Waals surface area contributed by atoms with E-state index < -0.39 is 0 Å². The maximum absolute atomic E-state index is 2.88. The molecule has 0 radical (unpaired) electrons. The van der Waals surface area contributed by atoms with E-state index in [1.807, 2.05) is 11.3 Å². The largest absolute Gasteiger partial charge is 0.298 e. The first-order valence-electron chi connectivity index (χ1n) is 8.34. The van der Waals surface area contributed by atoms with Gasteiger partial charge in [-0.15, -0.1) is 11.3 Å². The third-order valence-corrected chi connectivity index (χ3v) is 6.52. The van der Waals surface area contributed by atoms with E-state index in [9.17, 15) is 0 Å². The Kier molecular flexibility index (Phi) is 3.61. The van der Waals surface area contributed by atoms with Crippen molar-refractivity contribution in [1.82, 2.24) is 9.80 Å². The molecule has 1 aromatic heterocycles. The van der Waals surface area contributed by atoms with E-state index in [0.29, 0.717) is 5.54 Å². The quantitative estimate of drug-likeness (QED) is 0.836. The average Bonchev–Trinajstić information content (AvgIpc) is 2.98. The molecule has 1 aliphatic carbocycles. The van der Waals surface area contributed by atoms with Crippen molar-refractivity contribution in [3.8, 4) is 0 Å². The molecule has 1 spiro atoms. The Hall–Kier alpha value is -0.380. The van der Waals surface area contributed by atoms with E-state index in [-0.39, 0.29) is 0 Å². The highest BCUT2D eigenvalue weighted by molar-refractivity contribution is 7.09. The van der Waals surface area contributed by atoms with E-state index in [1.54, 1.807) is 0 Å². The van der Waals surface area contributed by atoms with Crippen LogP contribution < -0.4 is 0 Å². The molecule has 3 heteroatoms. The molecule has 0 N–H and O–H groups in total. The Morgan fingerprint density at radius 2 is 2.00 bits per heavy atom. The van der Waals surface area contributed by atoms with Crippen LogP contribution in [0.25, 0.3) is 0 Å². The SMILES string of the molecule is c1csc(CN2CCC3(CCCN3CC3CC3)CC2)c1. The highest BCUT2D eigenvalue weighted by Gasteiger charge is 2.44. The fourth-order valence-electron chi connectivity index (χ4n) is 4.21. The topological polar surface area (TPSA) is 6.48 Å². The van der Waals surface area contributed by atoms with Gasteiger partial charge in [0.05, 0.1) is 0 Å². The van der Waals surface area contributed by atoms with Gasteiger partial charge in [0.15, 0.2) is 0 Å². The van der Waals surface area contributed by atoms with Gasteiger partial charge < -0.3 is 0 Å². The standard InChI is InChI=1S/C17H26N2S/c1-3-16(20-12-1)14-18-10-7-17(8-11-18)6-2-9-19(17)13-15-4-5-15/h1,3,12,15H,2,4-11,13-14H2. The van der Waals surface area contributed by atoms with Crippen LogP contribution in [-0.2, 0) is 6.54 Å². The molecule has 2 aliphatic heterocycles. The van der Waals surface area contributed by atoms with Gasteiger partial charge in [-0.3, -0.25) is 9.80 Å². The predicted molar refractivity (Wildman–Crippen MR) is 85.1 cm³/mol. The Bertz CT molecular complexity index is 430. The summed E-state index contributed by atoms with van der Waals surface area (Å²) in [6.07, 6.45) is 8.72. The number of thiophene rings is 1. The monoisotopic (exact) mass is 290 g/mol. The summed E-state index contributed by atoms with van der Waals surface area (Å²) in [5.41, 5.74) is 0.592. The van der Waals surface area contributed by atoms with Gasteiger partial charge in [-0.1, -0.05) is 6.07 Å². The summed E-state index contributed by atoms with van der Waals surface area (Å²) < 4.78 is 0. The van der Waals surface area contributed by atoms with Crippen molar-refractivity contribution in [1.29, 1.82) is 0 Å². The predicted octanol–water partition coefficient (Wildman–Crippen LogP) is 3.59. The van der Waals surface area contributed by atoms with Crippen LogP contribution in [0.4, 0.5) is 0 Å². The van der Waals surface area contributed by atoms with Crippen LogP contribution in [0.5, 0.6) is 0 Å². The first kappa shape index (κ1) is 13.3. The zero-order chi connectivity index (χ0) is 13.4. The molecule has 0 unspecified atom stereocenters. The second-order valence-corrected chi connectivity index (χ2v) is 8.11. The van der Waals surface area contributed by atoms with Crippen molar-refractivity contribution < 1.29 is 0 Å². The molecule has 3 aliphatic rings. The van der Waals surface area contributed by atoms with Gasteiger partial charge in [-0.05, 0) is 62.4 Å². The summed E-state index contributed by atoms with van der Waals surface area (Å²) in [6.45, 7) is 6.57. The maximum Gasteiger partial charge on any atom is 0.0327 e. The lowest BCUT2D eigenvalue weighted by Crippen LogP contribution is -2.52. The molecule has 2 saturated heterocycles. The zero-order valence-corrected chi connectivity index (χ0v) is 13.2. The molecule has 0 aromatic carbocycles. The summed E-state index contributed by atoms with van der Waals surface area (Å²) >= 11 is 1.91. The second kappa shape index (κ2) is 5.43. The highest BCUT2D eigenvalue weighted by Crippen LogP contribution is 2.42. The van der Waals surface area contributed by atoms with E-state index in [2.05, 4.69) is 27.3 Å². The number of likely N-dealkylation sites (tertiary alicyclic amines) is 2. The molecule has 2 nitrogen and oxygen atoms in total. The van der Waals surface area contributed by atoms with E-state index in [4.69, 9.17) is 0 Å².